The van der Waals surface area contributed by atoms with Gasteiger partial charge in [0.15, 0.2) is 5.82 Å². The molecule has 1 aliphatic heterocycles. The third kappa shape index (κ3) is 3.74. The number of nitrogens with one attached hydrogen (secondary N) is 1. The summed E-state index contributed by atoms with van der Waals surface area (Å²) in [5.41, 5.74) is 1.57. The minimum atomic E-state index is -0.120. The van der Waals surface area contributed by atoms with Crippen molar-refractivity contribution in [3.05, 3.63) is 36.0 Å². The molecule has 0 spiro atoms. The summed E-state index contributed by atoms with van der Waals surface area (Å²) in [6.45, 7) is 2.49. The lowest BCUT2D eigenvalue weighted by atomic mass is 10.2. The molecule has 1 aliphatic rings. The molecule has 1 saturated heterocycles. The molecule has 1 aromatic heterocycles. The van der Waals surface area contributed by atoms with Gasteiger partial charge in [-0.05, 0) is 37.6 Å². The van der Waals surface area contributed by atoms with Gasteiger partial charge in [0, 0.05) is 37.2 Å². The largest absolute Gasteiger partial charge is 0.339 e. The van der Waals surface area contributed by atoms with E-state index in [1.165, 1.54) is 0 Å². The standard InChI is InChI=1S/C16H18N4O3/c1-11-17-15(23-19-11)9-8-14(21)18-12-4-6-13(7-5-12)20-10-2-3-16(20)22/h4-7H,2-3,8-10H2,1H3,(H,18,21). The highest BCUT2D eigenvalue weighted by atomic mass is 16.5. The Morgan fingerprint density at radius 1 is 1.35 bits per heavy atom. The van der Waals surface area contributed by atoms with Gasteiger partial charge in [0.1, 0.15) is 0 Å². The molecule has 2 aromatic rings. The van der Waals surface area contributed by atoms with Gasteiger partial charge < -0.3 is 14.7 Å². The van der Waals surface area contributed by atoms with Crippen LogP contribution in [0.1, 0.15) is 31.0 Å². The molecule has 1 aromatic carbocycles. The number of carbonyl (C=O) groups is 2. The molecule has 0 radical (unpaired) electrons. The fourth-order valence-electron chi connectivity index (χ4n) is 2.53. The Morgan fingerprint density at radius 3 is 2.74 bits per heavy atom. The fraction of sp³-hybridized carbons (Fsp3) is 0.375. The summed E-state index contributed by atoms with van der Waals surface area (Å²) in [6.07, 6.45) is 2.18. The summed E-state index contributed by atoms with van der Waals surface area (Å²) < 4.78 is 4.97. The molecule has 0 atom stereocenters. The number of amides is 2. The van der Waals surface area contributed by atoms with E-state index in [2.05, 4.69) is 15.5 Å². The van der Waals surface area contributed by atoms with Crippen LogP contribution in [0.25, 0.3) is 0 Å². The molecule has 7 nitrogen and oxygen atoms in total. The maximum atomic E-state index is 11.9. The van der Waals surface area contributed by atoms with Crippen molar-refractivity contribution in [1.29, 1.82) is 0 Å². The van der Waals surface area contributed by atoms with Crippen molar-refractivity contribution in [2.75, 3.05) is 16.8 Å². The predicted octanol–water partition coefficient (Wildman–Crippen LogP) is 2.08. The summed E-state index contributed by atoms with van der Waals surface area (Å²) in [5.74, 6) is 1.05. The highest BCUT2D eigenvalue weighted by Crippen LogP contribution is 2.23. The van der Waals surface area contributed by atoms with Crippen LogP contribution in [-0.2, 0) is 16.0 Å². The molecule has 23 heavy (non-hydrogen) atoms. The van der Waals surface area contributed by atoms with E-state index in [1.54, 1.807) is 24.0 Å². The Bertz CT molecular complexity index is 708. The first-order valence-electron chi connectivity index (χ1n) is 7.61. The third-order valence-electron chi connectivity index (χ3n) is 3.67. The van der Waals surface area contributed by atoms with Crippen LogP contribution in [0, 0.1) is 6.92 Å². The SMILES string of the molecule is Cc1noc(CCC(=O)Nc2ccc(N3CCCC3=O)cc2)n1. The zero-order chi connectivity index (χ0) is 16.2. The molecular formula is C16H18N4O3. The Hall–Kier alpha value is -2.70. The van der Waals surface area contributed by atoms with Crippen LogP contribution in [0.3, 0.4) is 0 Å². The maximum Gasteiger partial charge on any atom is 0.227 e. The van der Waals surface area contributed by atoms with Crippen LogP contribution in [-0.4, -0.2) is 28.5 Å². The molecule has 0 aliphatic carbocycles. The van der Waals surface area contributed by atoms with E-state index in [4.69, 9.17) is 4.52 Å². The van der Waals surface area contributed by atoms with Gasteiger partial charge in [-0.2, -0.15) is 4.98 Å². The highest BCUT2D eigenvalue weighted by Gasteiger charge is 2.21. The van der Waals surface area contributed by atoms with Gasteiger partial charge in [-0.25, -0.2) is 0 Å². The topological polar surface area (TPSA) is 88.3 Å². The van der Waals surface area contributed by atoms with Crippen LogP contribution < -0.4 is 10.2 Å². The third-order valence-corrected chi connectivity index (χ3v) is 3.67. The molecule has 120 valence electrons. The molecular weight excluding hydrogens is 296 g/mol. The van der Waals surface area contributed by atoms with Crippen LogP contribution in [0.4, 0.5) is 11.4 Å². The zero-order valence-electron chi connectivity index (χ0n) is 12.9. The molecule has 0 unspecified atom stereocenters. The van der Waals surface area contributed by atoms with Crippen molar-refractivity contribution in [2.45, 2.75) is 32.6 Å². The van der Waals surface area contributed by atoms with Gasteiger partial charge in [-0.3, -0.25) is 9.59 Å². The van der Waals surface area contributed by atoms with Gasteiger partial charge in [-0.15, -0.1) is 0 Å². The van der Waals surface area contributed by atoms with Crippen molar-refractivity contribution in [2.24, 2.45) is 0 Å². The lowest BCUT2D eigenvalue weighted by Gasteiger charge is -2.16. The number of hydrogen-bond donors (Lipinski definition) is 1. The second-order valence-electron chi connectivity index (χ2n) is 5.48. The Kier molecular flexibility index (Phi) is 4.36. The molecule has 7 heteroatoms. The van der Waals surface area contributed by atoms with E-state index in [-0.39, 0.29) is 18.2 Å². The number of aromatic nitrogens is 2. The highest BCUT2D eigenvalue weighted by molar-refractivity contribution is 5.96. The van der Waals surface area contributed by atoms with Crippen molar-refractivity contribution in [1.82, 2.24) is 10.1 Å². The van der Waals surface area contributed by atoms with Crippen molar-refractivity contribution in [3.63, 3.8) is 0 Å². The smallest absolute Gasteiger partial charge is 0.227 e. The van der Waals surface area contributed by atoms with E-state index >= 15 is 0 Å². The quantitative estimate of drug-likeness (QED) is 0.912. The average molecular weight is 314 g/mol. The second-order valence-corrected chi connectivity index (χ2v) is 5.48. The van der Waals surface area contributed by atoms with Crippen LogP contribution in [0.5, 0.6) is 0 Å². The van der Waals surface area contributed by atoms with Crippen LogP contribution in [0.15, 0.2) is 28.8 Å². The molecule has 0 saturated carbocycles. The normalized spacial score (nSPS) is 14.3. The van der Waals surface area contributed by atoms with Gasteiger partial charge in [0.25, 0.3) is 0 Å². The number of aryl methyl sites for hydroxylation is 2. The molecule has 0 bridgehead atoms. The van der Waals surface area contributed by atoms with E-state index in [9.17, 15) is 9.59 Å². The Balaban J connectivity index is 1.53. The number of benzene rings is 1. The molecule has 2 amide bonds. The van der Waals surface area contributed by atoms with E-state index < -0.39 is 0 Å². The summed E-state index contributed by atoms with van der Waals surface area (Å²) in [4.78, 5) is 29.4. The second kappa shape index (κ2) is 6.60. The lowest BCUT2D eigenvalue weighted by molar-refractivity contribution is -0.117. The predicted molar refractivity (Wildman–Crippen MR) is 84.0 cm³/mol. The van der Waals surface area contributed by atoms with E-state index in [0.29, 0.717) is 30.2 Å². The number of hydrogen-bond acceptors (Lipinski definition) is 5. The van der Waals surface area contributed by atoms with Gasteiger partial charge in [-0.1, -0.05) is 5.16 Å². The van der Waals surface area contributed by atoms with Crippen molar-refractivity contribution in [3.8, 4) is 0 Å². The number of carbonyl (C=O) groups excluding carboxylic acids is 2. The summed E-state index contributed by atoms with van der Waals surface area (Å²) in [7, 11) is 0. The minimum Gasteiger partial charge on any atom is -0.339 e. The molecule has 3 rings (SSSR count). The Morgan fingerprint density at radius 2 is 2.13 bits per heavy atom. The number of rotatable bonds is 5. The minimum absolute atomic E-state index is 0.120. The lowest BCUT2D eigenvalue weighted by Crippen LogP contribution is -2.23. The van der Waals surface area contributed by atoms with Gasteiger partial charge >= 0.3 is 0 Å². The molecule has 1 N–H and O–H groups in total. The van der Waals surface area contributed by atoms with E-state index in [0.717, 1.165) is 18.7 Å². The monoisotopic (exact) mass is 314 g/mol. The maximum absolute atomic E-state index is 11.9. The van der Waals surface area contributed by atoms with Crippen LogP contribution >= 0.6 is 0 Å². The Labute approximate surface area is 133 Å². The number of anilines is 2. The number of nitrogens with zero attached hydrogens (tertiary/aromatic N) is 3. The molecule has 1 fully saturated rings. The zero-order valence-corrected chi connectivity index (χ0v) is 12.9. The average Bonchev–Trinajstić information content (AvgIpc) is 3.14. The first-order chi connectivity index (χ1) is 11.1. The van der Waals surface area contributed by atoms with Gasteiger partial charge in [0.2, 0.25) is 17.7 Å². The first-order valence-corrected chi connectivity index (χ1v) is 7.61. The molecule has 2 heterocycles. The van der Waals surface area contributed by atoms with Crippen LogP contribution in [0.2, 0.25) is 0 Å². The summed E-state index contributed by atoms with van der Waals surface area (Å²) in [6, 6.07) is 7.30. The summed E-state index contributed by atoms with van der Waals surface area (Å²) in [5, 5.41) is 6.50. The fourth-order valence-corrected chi connectivity index (χ4v) is 2.53. The van der Waals surface area contributed by atoms with E-state index in [1.807, 2.05) is 12.1 Å². The van der Waals surface area contributed by atoms with Gasteiger partial charge in [0.05, 0.1) is 0 Å². The summed E-state index contributed by atoms with van der Waals surface area (Å²) >= 11 is 0. The van der Waals surface area contributed by atoms with Crippen molar-refractivity contribution < 1.29 is 14.1 Å². The van der Waals surface area contributed by atoms with Crippen molar-refractivity contribution >= 4 is 23.2 Å². The first kappa shape index (κ1) is 15.2.